The van der Waals surface area contributed by atoms with E-state index in [9.17, 15) is 13.6 Å². The average molecular weight is 270 g/mol. The molecule has 0 amide bonds. The third-order valence-corrected chi connectivity index (χ3v) is 3.07. The topological polar surface area (TPSA) is 35.5 Å². The zero-order chi connectivity index (χ0) is 13.9. The number of carbonyl (C=O) groups excluding carboxylic acids is 1. The molecule has 1 aromatic rings. The molecule has 0 bridgehead atoms. The lowest BCUT2D eigenvalue weighted by Gasteiger charge is -2.37. The first-order chi connectivity index (χ1) is 8.90. The van der Waals surface area contributed by atoms with Gasteiger partial charge < -0.3 is 9.47 Å². The molecule has 0 N–H and O–H groups in total. The van der Waals surface area contributed by atoms with Crippen molar-refractivity contribution in [3.05, 3.63) is 35.9 Å². The molecule has 1 aromatic carbocycles. The highest BCUT2D eigenvalue weighted by Gasteiger charge is 2.44. The van der Waals surface area contributed by atoms with Gasteiger partial charge in [0.1, 0.15) is 12.2 Å². The fourth-order valence-electron chi connectivity index (χ4n) is 2.10. The van der Waals surface area contributed by atoms with E-state index in [1.54, 1.807) is 37.3 Å². The van der Waals surface area contributed by atoms with Crippen molar-refractivity contribution in [2.45, 2.75) is 31.3 Å². The Morgan fingerprint density at radius 1 is 1.37 bits per heavy atom. The Labute approximate surface area is 110 Å². The second-order valence-corrected chi connectivity index (χ2v) is 5.02. The SMILES string of the molecule is C[C@]1(COC(=O)c2ccccc2)CC(F)(F)CCO1. The molecule has 0 aliphatic carbocycles. The van der Waals surface area contributed by atoms with Crippen molar-refractivity contribution in [2.24, 2.45) is 0 Å². The van der Waals surface area contributed by atoms with Crippen LogP contribution >= 0.6 is 0 Å². The molecule has 1 fully saturated rings. The van der Waals surface area contributed by atoms with Crippen molar-refractivity contribution in [1.29, 1.82) is 0 Å². The number of hydrogen-bond acceptors (Lipinski definition) is 3. The van der Waals surface area contributed by atoms with Crippen LogP contribution < -0.4 is 0 Å². The van der Waals surface area contributed by atoms with Crippen molar-refractivity contribution in [3.8, 4) is 0 Å². The highest BCUT2D eigenvalue weighted by Crippen LogP contribution is 2.36. The number of alkyl halides is 2. The molecule has 0 radical (unpaired) electrons. The van der Waals surface area contributed by atoms with Gasteiger partial charge in [0.2, 0.25) is 0 Å². The Morgan fingerprint density at radius 3 is 2.68 bits per heavy atom. The first kappa shape index (κ1) is 13.9. The summed E-state index contributed by atoms with van der Waals surface area (Å²) in [6.45, 7) is 1.35. The second kappa shape index (κ2) is 5.25. The van der Waals surface area contributed by atoms with Gasteiger partial charge in [0.05, 0.1) is 12.2 Å². The maximum absolute atomic E-state index is 13.3. The van der Waals surface area contributed by atoms with E-state index in [2.05, 4.69) is 0 Å². The second-order valence-electron chi connectivity index (χ2n) is 5.02. The maximum atomic E-state index is 13.3. The molecule has 0 unspecified atom stereocenters. The summed E-state index contributed by atoms with van der Waals surface area (Å²) in [7, 11) is 0. The first-order valence-electron chi connectivity index (χ1n) is 6.14. The molecule has 5 heteroatoms. The molecule has 3 nitrogen and oxygen atoms in total. The van der Waals surface area contributed by atoms with Crippen LogP contribution in [0, 0.1) is 0 Å². The summed E-state index contributed by atoms with van der Waals surface area (Å²) in [6, 6.07) is 8.43. The smallest absolute Gasteiger partial charge is 0.338 e. The largest absolute Gasteiger partial charge is 0.459 e. The van der Waals surface area contributed by atoms with Crippen LogP contribution in [0.4, 0.5) is 8.78 Å². The van der Waals surface area contributed by atoms with Gasteiger partial charge in [-0.25, -0.2) is 13.6 Å². The monoisotopic (exact) mass is 270 g/mol. The molecular weight excluding hydrogens is 254 g/mol. The van der Waals surface area contributed by atoms with Crippen molar-refractivity contribution >= 4 is 5.97 Å². The Kier molecular flexibility index (Phi) is 3.85. The van der Waals surface area contributed by atoms with Crippen LogP contribution in [0.2, 0.25) is 0 Å². The number of benzene rings is 1. The van der Waals surface area contributed by atoms with Crippen LogP contribution in [-0.4, -0.2) is 30.7 Å². The van der Waals surface area contributed by atoms with Crippen molar-refractivity contribution in [3.63, 3.8) is 0 Å². The number of hydrogen-bond donors (Lipinski definition) is 0. The maximum Gasteiger partial charge on any atom is 0.338 e. The highest BCUT2D eigenvalue weighted by molar-refractivity contribution is 5.89. The summed E-state index contributed by atoms with van der Waals surface area (Å²) in [5.41, 5.74) is -0.722. The van der Waals surface area contributed by atoms with E-state index < -0.39 is 23.9 Å². The van der Waals surface area contributed by atoms with E-state index in [4.69, 9.17) is 9.47 Å². The molecule has 0 aromatic heterocycles. The molecule has 104 valence electrons. The predicted octanol–water partition coefficient (Wildman–Crippen LogP) is 3.05. The minimum Gasteiger partial charge on any atom is -0.459 e. The molecule has 19 heavy (non-hydrogen) atoms. The van der Waals surface area contributed by atoms with Gasteiger partial charge >= 0.3 is 5.97 Å². The highest BCUT2D eigenvalue weighted by atomic mass is 19.3. The van der Waals surface area contributed by atoms with E-state index in [1.165, 1.54) is 0 Å². The summed E-state index contributed by atoms with van der Waals surface area (Å²) in [5.74, 6) is -3.29. The molecule has 2 rings (SSSR count). The lowest BCUT2D eigenvalue weighted by Crippen LogP contribution is -2.46. The number of carbonyl (C=O) groups is 1. The lowest BCUT2D eigenvalue weighted by molar-refractivity contribution is -0.184. The van der Waals surface area contributed by atoms with Crippen molar-refractivity contribution in [1.82, 2.24) is 0 Å². The van der Waals surface area contributed by atoms with Crippen LogP contribution in [-0.2, 0) is 9.47 Å². The lowest BCUT2D eigenvalue weighted by atomic mass is 9.94. The average Bonchev–Trinajstić information content (AvgIpc) is 2.35. The molecular formula is C14H16F2O3. The summed E-state index contributed by atoms with van der Waals surface area (Å²) in [6.07, 6.45) is -0.711. The number of rotatable bonds is 3. The fraction of sp³-hybridized carbons (Fsp3) is 0.500. The Bertz CT molecular complexity index is 447. The molecule has 1 heterocycles. The molecule has 0 saturated carbocycles. The van der Waals surface area contributed by atoms with E-state index in [1.807, 2.05) is 0 Å². The first-order valence-corrected chi connectivity index (χ1v) is 6.14. The molecule has 1 aliphatic heterocycles. The van der Waals surface area contributed by atoms with Gasteiger partial charge in [-0.15, -0.1) is 0 Å². The molecule has 1 saturated heterocycles. The Hall–Kier alpha value is -1.49. The third kappa shape index (κ3) is 3.73. The zero-order valence-corrected chi connectivity index (χ0v) is 10.7. The van der Waals surface area contributed by atoms with Gasteiger partial charge in [-0.3, -0.25) is 0 Å². The van der Waals surface area contributed by atoms with Gasteiger partial charge in [-0.2, -0.15) is 0 Å². The van der Waals surface area contributed by atoms with Crippen LogP contribution in [0.5, 0.6) is 0 Å². The molecule has 1 atom stereocenters. The third-order valence-electron chi connectivity index (χ3n) is 3.07. The minimum atomic E-state index is -2.76. The summed E-state index contributed by atoms with van der Waals surface area (Å²) in [5, 5.41) is 0. The van der Waals surface area contributed by atoms with Crippen LogP contribution in [0.15, 0.2) is 30.3 Å². The summed E-state index contributed by atoms with van der Waals surface area (Å²) >= 11 is 0. The quantitative estimate of drug-likeness (QED) is 0.792. The van der Waals surface area contributed by atoms with E-state index >= 15 is 0 Å². The summed E-state index contributed by atoms with van der Waals surface area (Å²) in [4.78, 5) is 11.7. The number of halogens is 2. The van der Waals surface area contributed by atoms with E-state index in [0.717, 1.165) is 0 Å². The van der Waals surface area contributed by atoms with Gasteiger partial charge in [0.25, 0.3) is 5.92 Å². The van der Waals surface area contributed by atoms with E-state index in [-0.39, 0.29) is 19.6 Å². The number of esters is 1. The normalized spacial score (nSPS) is 25.8. The van der Waals surface area contributed by atoms with Gasteiger partial charge in [-0.05, 0) is 19.1 Å². The minimum absolute atomic E-state index is 0.0214. The van der Waals surface area contributed by atoms with Gasteiger partial charge in [0.15, 0.2) is 0 Å². The van der Waals surface area contributed by atoms with Crippen molar-refractivity contribution in [2.75, 3.05) is 13.2 Å². The predicted molar refractivity (Wildman–Crippen MR) is 65.3 cm³/mol. The molecule has 1 aliphatic rings. The standard InChI is InChI=1S/C14H16F2O3/c1-13(9-14(15,16)7-8-19-13)10-18-12(17)11-5-3-2-4-6-11/h2-6H,7-10H2,1H3/t13-/m1/s1. The van der Waals surface area contributed by atoms with Crippen LogP contribution in [0.3, 0.4) is 0 Å². The van der Waals surface area contributed by atoms with Gasteiger partial charge in [0, 0.05) is 12.8 Å². The van der Waals surface area contributed by atoms with Crippen molar-refractivity contribution < 1.29 is 23.0 Å². The Morgan fingerprint density at radius 2 is 2.05 bits per heavy atom. The van der Waals surface area contributed by atoms with Crippen LogP contribution in [0.1, 0.15) is 30.1 Å². The fourth-order valence-corrected chi connectivity index (χ4v) is 2.10. The summed E-state index contributed by atoms with van der Waals surface area (Å²) < 4.78 is 37.1. The van der Waals surface area contributed by atoms with E-state index in [0.29, 0.717) is 5.56 Å². The zero-order valence-electron chi connectivity index (χ0n) is 10.7. The van der Waals surface area contributed by atoms with Gasteiger partial charge in [-0.1, -0.05) is 18.2 Å². The Balaban J connectivity index is 1.93. The number of ether oxygens (including phenoxy) is 2. The molecule has 0 spiro atoms. The van der Waals surface area contributed by atoms with Crippen LogP contribution in [0.25, 0.3) is 0 Å².